The molecule has 6 heteroatoms. The summed E-state index contributed by atoms with van der Waals surface area (Å²) in [6.07, 6.45) is 1.87. The lowest BCUT2D eigenvalue weighted by Gasteiger charge is -2.22. The van der Waals surface area contributed by atoms with Crippen molar-refractivity contribution in [3.05, 3.63) is 59.2 Å². The van der Waals surface area contributed by atoms with Gasteiger partial charge in [0.25, 0.3) is 5.91 Å². The highest BCUT2D eigenvalue weighted by atomic mass is 16.5. The van der Waals surface area contributed by atoms with Crippen molar-refractivity contribution in [2.75, 3.05) is 39.9 Å². The van der Waals surface area contributed by atoms with Crippen molar-refractivity contribution < 1.29 is 19.1 Å². The van der Waals surface area contributed by atoms with Gasteiger partial charge in [0.2, 0.25) is 5.91 Å². The van der Waals surface area contributed by atoms with Gasteiger partial charge in [0.15, 0.2) is 11.5 Å². The summed E-state index contributed by atoms with van der Waals surface area (Å²) in [7, 11) is 1.62. The van der Waals surface area contributed by atoms with Gasteiger partial charge in [-0.15, -0.1) is 0 Å². The van der Waals surface area contributed by atoms with E-state index in [1.165, 1.54) is 0 Å². The van der Waals surface area contributed by atoms with E-state index in [0.717, 1.165) is 17.5 Å². The standard InChI is InChI=1S/C25H32N2O4/c1-4-31-22-11-9-20(18-23(22)30-3)10-12-24(28)26-13-6-14-27(16-15-26)25(29)21-8-5-7-19(2)17-21/h5,7-9,11,17-18H,4,6,10,12-16H2,1-3H3. The molecule has 31 heavy (non-hydrogen) atoms. The van der Waals surface area contributed by atoms with E-state index in [4.69, 9.17) is 9.47 Å². The third-order valence-electron chi connectivity index (χ3n) is 5.56. The van der Waals surface area contributed by atoms with Gasteiger partial charge in [-0.2, -0.15) is 0 Å². The molecule has 0 radical (unpaired) electrons. The maximum Gasteiger partial charge on any atom is 0.253 e. The smallest absolute Gasteiger partial charge is 0.253 e. The molecule has 3 rings (SSSR count). The Balaban J connectivity index is 1.54. The molecule has 0 bridgehead atoms. The average Bonchev–Trinajstić information content (AvgIpc) is 3.04. The normalized spacial score (nSPS) is 14.2. The van der Waals surface area contributed by atoms with E-state index in [-0.39, 0.29) is 11.8 Å². The number of carbonyl (C=O) groups excluding carboxylic acids is 2. The zero-order chi connectivity index (χ0) is 22.2. The van der Waals surface area contributed by atoms with Crippen molar-refractivity contribution in [1.29, 1.82) is 0 Å². The molecule has 2 aromatic carbocycles. The minimum atomic E-state index is 0.0412. The predicted molar refractivity (Wildman–Crippen MR) is 121 cm³/mol. The van der Waals surface area contributed by atoms with E-state index in [1.807, 2.05) is 66.1 Å². The van der Waals surface area contributed by atoms with Crippen LogP contribution in [0, 0.1) is 6.92 Å². The Morgan fingerprint density at radius 1 is 0.968 bits per heavy atom. The Morgan fingerprint density at radius 2 is 1.74 bits per heavy atom. The van der Waals surface area contributed by atoms with Gasteiger partial charge in [-0.25, -0.2) is 0 Å². The van der Waals surface area contributed by atoms with Gasteiger partial charge in [-0.1, -0.05) is 23.8 Å². The van der Waals surface area contributed by atoms with Gasteiger partial charge in [-0.05, 0) is 56.5 Å². The summed E-state index contributed by atoms with van der Waals surface area (Å²) in [4.78, 5) is 29.4. The van der Waals surface area contributed by atoms with Crippen molar-refractivity contribution in [3.8, 4) is 11.5 Å². The number of methoxy groups -OCH3 is 1. The molecule has 1 saturated heterocycles. The molecule has 6 nitrogen and oxygen atoms in total. The van der Waals surface area contributed by atoms with E-state index >= 15 is 0 Å². The summed E-state index contributed by atoms with van der Waals surface area (Å²) in [6, 6.07) is 13.5. The number of benzene rings is 2. The van der Waals surface area contributed by atoms with Crippen LogP contribution in [0.3, 0.4) is 0 Å². The number of hydrogen-bond donors (Lipinski definition) is 0. The van der Waals surface area contributed by atoms with Gasteiger partial charge >= 0.3 is 0 Å². The second kappa shape index (κ2) is 10.8. The lowest BCUT2D eigenvalue weighted by atomic mass is 10.1. The van der Waals surface area contributed by atoms with Crippen molar-refractivity contribution >= 4 is 11.8 Å². The van der Waals surface area contributed by atoms with Gasteiger partial charge < -0.3 is 19.3 Å². The summed E-state index contributed by atoms with van der Waals surface area (Å²) in [6.45, 7) is 6.99. The second-order valence-electron chi connectivity index (χ2n) is 7.81. The first-order valence-corrected chi connectivity index (χ1v) is 10.9. The molecule has 2 aromatic rings. The van der Waals surface area contributed by atoms with Crippen LogP contribution in [0.1, 0.15) is 41.3 Å². The zero-order valence-corrected chi connectivity index (χ0v) is 18.7. The van der Waals surface area contributed by atoms with Gasteiger partial charge in [0.05, 0.1) is 13.7 Å². The number of carbonyl (C=O) groups is 2. The van der Waals surface area contributed by atoms with Crippen LogP contribution in [0.15, 0.2) is 42.5 Å². The van der Waals surface area contributed by atoms with Crippen LogP contribution >= 0.6 is 0 Å². The van der Waals surface area contributed by atoms with Crippen molar-refractivity contribution in [2.45, 2.75) is 33.1 Å². The Bertz CT molecular complexity index is 912. The molecule has 166 valence electrons. The molecule has 0 aliphatic carbocycles. The second-order valence-corrected chi connectivity index (χ2v) is 7.81. The minimum Gasteiger partial charge on any atom is -0.493 e. The first-order chi connectivity index (χ1) is 15.0. The molecular weight excluding hydrogens is 392 g/mol. The minimum absolute atomic E-state index is 0.0412. The molecule has 0 spiro atoms. The summed E-state index contributed by atoms with van der Waals surface area (Å²) in [5.41, 5.74) is 2.83. The quantitative estimate of drug-likeness (QED) is 0.680. The molecule has 0 unspecified atom stereocenters. The molecule has 0 aromatic heterocycles. The first kappa shape index (κ1) is 22.7. The monoisotopic (exact) mass is 424 g/mol. The summed E-state index contributed by atoms with van der Waals surface area (Å²) in [5, 5.41) is 0. The number of nitrogens with zero attached hydrogens (tertiary/aromatic N) is 2. The van der Waals surface area contributed by atoms with Gasteiger partial charge in [0, 0.05) is 38.2 Å². The van der Waals surface area contributed by atoms with Crippen LogP contribution in [0.5, 0.6) is 11.5 Å². The Morgan fingerprint density at radius 3 is 2.48 bits per heavy atom. The van der Waals surface area contributed by atoms with Gasteiger partial charge in [0.1, 0.15) is 0 Å². The summed E-state index contributed by atoms with van der Waals surface area (Å²) >= 11 is 0. The highest BCUT2D eigenvalue weighted by Crippen LogP contribution is 2.28. The lowest BCUT2D eigenvalue weighted by Crippen LogP contribution is -2.37. The van der Waals surface area contributed by atoms with Gasteiger partial charge in [-0.3, -0.25) is 9.59 Å². The Hall–Kier alpha value is -3.02. The molecule has 2 amide bonds. The molecule has 0 saturated carbocycles. The fourth-order valence-electron chi connectivity index (χ4n) is 3.88. The number of hydrogen-bond acceptors (Lipinski definition) is 4. The van der Waals surface area contributed by atoms with E-state index in [0.29, 0.717) is 62.7 Å². The van der Waals surface area contributed by atoms with Crippen LogP contribution in [0.2, 0.25) is 0 Å². The first-order valence-electron chi connectivity index (χ1n) is 10.9. The largest absolute Gasteiger partial charge is 0.493 e. The zero-order valence-electron chi connectivity index (χ0n) is 18.7. The van der Waals surface area contributed by atoms with E-state index in [9.17, 15) is 9.59 Å². The van der Waals surface area contributed by atoms with Crippen LogP contribution in [0.25, 0.3) is 0 Å². The Labute approximate surface area is 184 Å². The highest BCUT2D eigenvalue weighted by molar-refractivity contribution is 5.94. The fraction of sp³-hybridized carbons (Fsp3) is 0.440. The van der Waals surface area contributed by atoms with Crippen LogP contribution in [-0.4, -0.2) is 61.5 Å². The maximum absolute atomic E-state index is 12.8. The lowest BCUT2D eigenvalue weighted by molar-refractivity contribution is -0.131. The molecule has 0 N–H and O–H groups in total. The van der Waals surface area contributed by atoms with E-state index < -0.39 is 0 Å². The number of ether oxygens (including phenoxy) is 2. The van der Waals surface area contributed by atoms with Crippen molar-refractivity contribution in [2.24, 2.45) is 0 Å². The maximum atomic E-state index is 12.8. The highest BCUT2D eigenvalue weighted by Gasteiger charge is 2.23. The average molecular weight is 425 g/mol. The molecule has 1 fully saturated rings. The number of rotatable bonds is 7. The fourth-order valence-corrected chi connectivity index (χ4v) is 3.88. The molecule has 1 aliphatic heterocycles. The predicted octanol–water partition coefficient (Wildman–Crippen LogP) is 3.71. The molecule has 1 aliphatic rings. The van der Waals surface area contributed by atoms with E-state index in [2.05, 4.69) is 0 Å². The van der Waals surface area contributed by atoms with Crippen LogP contribution in [-0.2, 0) is 11.2 Å². The number of amides is 2. The Kier molecular flexibility index (Phi) is 7.93. The third kappa shape index (κ3) is 6.00. The SMILES string of the molecule is CCOc1ccc(CCC(=O)N2CCCN(C(=O)c3cccc(C)c3)CC2)cc1OC. The van der Waals surface area contributed by atoms with Crippen molar-refractivity contribution in [1.82, 2.24) is 9.80 Å². The molecule has 1 heterocycles. The summed E-state index contributed by atoms with van der Waals surface area (Å²) in [5.74, 6) is 1.56. The molecular formula is C25H32N2O4. The third-order valence-corrected chi connectivity index (χ3v) is 5.56. The number of aryl methyl sites for hydroxylation is 2. The van der Waals surface area contributed by atoms with Crippen LogP contribution < -0.4 is 9.47 Å². The van der Waals surface area contributed by atoms with Crippen molar-refractivity contribution in [3.63, 3.8) is 0 Å². The van der Waals surface area contributed by atoms with E-state index in [1.54, 1.807) is 7.11 Å². The summed E-state index contributed by atoms with van der Waals surface area (Å²) < 4.78 is 11.0. The topological polar surface area (TPSA) is 59.1 Å². The van der Waals surface area contributed by atoms with Crippen LogP contribution in [0.4, 0.5) is 0 Å². The molecule has 0 atom stereocenters.